The molecule has 1 aromatic rings. The summed E-state index contributed by atoms with van der Waals surface area (Å²) in [6.45, 7) is 0. The molecule has 0 fully saturated rings. The summed E-state index contributed by atoms with van der Waals surface area (Å²) >= 11 is 11.9. The van der Waals surface area contributed by atoms with E-state index >= 15 is 0 Å². The van der Waals surface area contributed by atoms with Gasteiger partial charge in [-0.2, -0.15) is 0 Å². The van der Waals surface area contributed by atoms with Crippen molar-refractivity contribution in [1.29, 1.82) is 0 Å². The van der Waals surface area contributed by atoms with E-state index in [0.29, 0.717) is 15.6 Å². The minimum Gasteiger partial charge on any atom is -0.321 e. The Kier molecular flexibility index (Phi) is 4.82. The van der Waals surface area contributed by atoms with E-state index in [9.17, 15) is 4.79 Å². The number of carbonyl (C=O) groups excluding carboxylic acids is 1. The zero-order chi connectivity index (χ0) is 12.1. The fourth-order valence-electron chi connectivity index (χ4n) is 1.25. The summed E-state index contributed by atoms with van der Waals surface area (Å²) in [5.74, 6) is 2.19. The lowest BCUT2D eigenvalue weighted by Crippen LogP contribution is -2.31. The maximum atomic E-state index is 11.7. The van der Waals surface area contributed by atoms with Gasteiger partial charge >= 0.3 is 0 Å². The molecule has 16 heavy (non-hydrogen) atoms. The lowest BCUT2D eigenvalue weighted by molar-refractivity contribution is -0.119. The van der Waals surface area contributed by atoms with E-state index in [1.807, 2.05) is 0 Å². The second kappa shape index (κ2) is 5.91. The van der Waals surface area contributed by atoms with Crippen LogP contribution in [0.15, 0.2) is 18.2 Å². The molecule has 4 heteroatoms. The Morgan fingerprint density at radius 2 is 2.00 bits per heavy atom. The van der Waals surface area contributed by atoms with E-state index in [4.69, 9.17) is 35.4 Å². The Balaban J connectivity index is 2.82. The molecule has 1 unspecified atom stereocenters. The molecule has 0 aliphatic carbocycles. The molecule has 2 N–H and O–H groups in total. The number of benzene rings is 1. The average Bonchev–Trinajstić information content (AvgIpc) is 2.23. The standard InChI is InChI=1S/C12H11Cl2NO/c1-2-4-11(15)12(16)7-8-9(13)5-3-6-10(8)14/h1,3,5-6,11H,4,7,15H2. The zero-order valence-electron chi connectivity index (χ0n) is 8.54. The Morgan fingerprint density at radius 3 is 2.50 bits per heavy atom. The van der Waals surface area contributed by atoms with Gasteiger partial charge < -0.3 is 5.73 Å². The van der Waals surface area contributed by atoms with E-state index in [1.54, 1.807) is 18.2 Å². The smallest absolute Gasteiger partial charge is 0.154 e. The highest BCUT2D eigenvalue weighted by atomic mass is 35.5. The van der Waals surface area contributed by atoms with E-state index in [2.05, 4.69) is 5.92 Å². The summed E-state index contributed by atoms with van der Waals surface area (Å²) in [6.07, 6.45) is 5.42. The van der Waals surface area contributed by atoms with Gasteiger partial charge in [-0.3, -0.25) is 4.79 Å². The number of rotatable bonds is 4. The maximum Gasteiger partial charge on any atom is 0.154 e. The monoisotopic (exact) mass is 255 g/mol. The molecule has 0 spiro atoms. The van der Waals surface area contributed by atoms with Gasteiger partial charge in [-0.15, -0.1) is 12.3 Å². The second-order valence-corrected chi connectivity index (χ2v) is 4.17. The molecule has 84 valence electrons. The molecule has 0 amide bonds. The molecular formula is C12H11Cl2NO. The van der Waals surface area contributed by atoms with Gasteiger partial charge in [0, 0.05) is 22.9 Å². The molecule has 0 aliphatic heterocycles. The summed E-state index contributed by atoms with van der Waals surface area (Å²) in [4.78, 5) is 11.7. The number of Topliss-reactive ketones (excluding diaryl/α,β-unsaturated/α-hetero) is 1. The first-order valence-corrected chi connectivity index (χ1v) is 5.46. The van der Waals surface area contributed by atoms with Crippen molar-refractivity contribution in [3.05, 3.63) is 33.8 Å². The van der Waals surface area contributed by atoms with Crippen molar-refractivity contribution < 1.29 is 4.79 Å². The fraction of sp³-hybridized carbons (Fsp3) is 0.250. The molecular weight excluding hydrogens is 245 g/mol. The molecule has 0 bridgehead atoms. The third-order valence-corrected chi connectivity index (χ3v) is 2.87. The molecule has 1 rings (SSSR count). The van der Waals surface area contributed by atoms with Gasteiger partial charge in [0.15, 0.2) is 5.78 Å². The molecule has 0 saturated carbocycles. The average molecular weight is 256 g/mol. The molecule has 0 saturated heterocycles. The van der Waals surface area contributed by atoms with E-state index in [-0.39, 0.29) is 18.6 Å². The van der Waals surface area contributed by atoms with Gasteiger partial charge in [-0.25, -0.2) is 0 Å². The normalized spacial score (nSPS) is 11.9. The van der Waals surface area contributed by atoms with Crippen LogP contribution in [0.2, 0.25) is 10.0 Å². The third-order valence-electron chi connectivity index (χ3n) is 2.16. The summed E-state index contributed by atoms with van der Waals surface area (Å²) in [7, 11) is 0. The van der Waals surface area contributed by atoms with Crippen LogP contribution in [0.5, 0.6) is 0 Å². The largest absolute Gasteiger partial charge is 0.321 e. The van der Waals surface area contributed by atoms with Crippen LogP contribution in [0, 0.1) is 12.3 Å². The van der Waals surface area contributed by atoms with Crippen LogP contribution < -0.4 is 5.73 Å². The topological polar surface area (TPSA) is 43.1 Å². The molecule has 0 radical (unpaired) electrons. The number of hydrogen-bond acceptors (Lipinski definition) is 2. The predicted molar refractivity (Wildman–Crippen MR) is 66.6 cm³/mol. The Labute approximate surface area is 105 Å². The highest BCUT2D eigenvalue weighted by molar-refractivity contribution is 6.36. The van der Waals surface area contributed by atoms with Crippen molar-refractivity contribution in [1.82, 2.24) is 0 Å². The first-order chi connectivity index (χ1) is 7.56. The van der Waals surface area contributed by atoms with Gasteiger partial charge in [-0.1, -0.05) is 29.3 Å². The highest BCUT2D eigenvalue weighted by Crippen LogP contribution is 2.25. The first-order valence-electron chi connectivity index (χ1n) is 4.71. The number of nitrogens with two attached hydrogens (primary N) is 1. The number of carbonyl (C=O) groups is 1. The van der Waals surface area contributed by atoms with Crippen molar-refractivity contribution >= 4 is 29.0 Å². The van der Waals surface area contributed by atoms with Crippen LogP contribution in [-0.2, 0) is 11.2 Å². The van der Waals surface area contributed by atoms with Crippen LogP contribution in [0.1, 0.15) is 12.0 Å². The Bertz CT molecular complexity index is 417. The Hall–Kier alpha value is -1.01. The third kappa shape index (κ3) is 3.24. The van der Waals surface area contributed by atoms with E-state index in [1.165, 1.54) is 0 Å². The predicted octanol–water partition coefficient (Wildman–Crippen LogP) is 2.46. The number of terminal acetylenes is 1. The van der Waals surface area contributed by atoms with Crippen molar-refractivity contribution in [2.75, 3.05) is 0 Å². The van der Waals surface area contributed by atoms with E-state index in [0.717, 1.165) is 0 Å². The summed E-state index contributed by atoms with van der Waals surface area (Å²) < 4.78 is 0. The van der Waals surface area contributed by atoms with Gasteiger partial charge in [0.1, 0.15) is 0 Å². The number of ketones is 1. The lowest BCUT2D eigenvalue weighted by atomic mass is 10.0. The van der Waals surface area contributed by atoms with Crippen LogP contribution >= 0.6 is 23.2 Å². The van der Waals surface area contributed by atoms with E-state index < -0.39 is 6.04 Å². The molecule has 0 aliphatic rings. The summed E-state index contributed by atoms with van der Waals surface area (Å²) in [5, 5.41) is 0.933. The highest BCUT2D eigenvalue weighted by Gasteiger charge is 2.16. The summed E-state index contributed by atoms with van der Waals surface area (Å²) in [6, 6.07) is 4.43. The van der Waals surface area contributed by atoms with Crippen LogP contribution in [0.3, 0.4) is 0 Å². The van der Waals surface area contributed by atoms with Gasteiger partial charge in [0.05, 0.1) is 6.04 Å². The molecule has 0 heterocycles. The van der Waals surface area contributed by atoms with Crippen molar-refractivity contribution in [2.45, 2.75) is 18.9 Å². The minimum absolute atomic E-state index is 0.112. The van der Waals surface area contributed by atoms with Gasteiger partial charge in [-0.05, 0) is 17.7 Å². The van der Waals surface area contributed by atoms with Crippen molar-refractivity contribution in [3.63, 3.8) is 0 Å². The summed E-state index contributed by atoms with van der Waals surface area (Å²) in [5.41, 5.74) is 6.20. The van der Waals surface area contributed by atoms with Crippen LogP contribution in [0.25, 0.3) is 0 Å². The fourth-order valence-corrected chi connectivity index (χ4v) is 1.78. The number of hydrogen-bond donors (Lipinski definition) is 1. The first kappa shape index (κ1) is 13.1. The number of halogens is 2. The van der Waals surface area contributed by atoms with Crippen molar-refractivity contribution in [3.8, 4) is 12.3 Å². The molecule has 2 nitrogen and oxygen atoms in total. The minimum atomic E-state index is -0.655. The Morgan fingerprint density at radius 1 is 1.44 bits per heavy atom. The maximum absolute atomic E-state index is 11.7. The molecule has 1 atom stereocenters. The lowest BCUT2D eigenvalue weighted by Gasteiger charge is -2.09. The van der Waals surface area contributed by atoms with Crippen LogP contribution in [0.4, 0.5) is 0 Å². The second-order valence-electron chi connectivity index (χ2n) is 3.36. The van der Waals surface area contributed by atoms with Crippen LogP contribution in [-0.4, -0.2) is 11.8 Å². The SMILES string of the molecule is C#CCC(N)C(=O)Cc1c(Cl)cccc1Cl. The molecule has 0 aromatic heterocycles. The molecule has 1 aromatic carbocycles. The quantitative estimate of drug-likeness (QED) is 0.841. The zero-order valence-corrected chi connectivity index (χ0v) is 10.1. The van der Waals surface area contributed by atoms with Gasteiger partial charge in [0.2, 0.25) is 0 Å². The van der Waals surface area contributed by atoms with Gasteiger partial charge in [0.25, 0.3) is 0 Å². The van der Waals surface area contributed by atoms with Crippen molar-refractivity contribution in [2.24, 2.45) is 5.73 Å².